The van der Waals surface area contributed by atoms with E-state index in [4.69, 9.17) is 28.0 Å². The summed E-state index contributed by atoms with van der Waals surface area (Å²) in [5.74, 6) is 2.02. The summed E-state index contributed by atoms with van der Waals surface area (Å²) in [5.41, 5.74) is 6.49. The number of carbonyl (C=O) groups is 2. The average molecular weight is 628 g/mol. The number of anilines is 2. The van der Waals surface area contributed by atoms with E-state index >= 15 is 0 Å². The molecule has 0 aromatic carbocycles. The topological polar surface area (TPSA) is 183 Å². The van der Waals surface area contributed by atoms with Gasteiger partial charge in [0.2, 0.25) is 18.4 Å². The van der Waals surface area contributed by atoms with Crippen molar-refractivity contribution < 1.29 is 14.8 Å². The number of rotatable bonds is 9. The van der Waals surface area contributed by atoms with Crippen molar-refractivity contribution in [1.82, 2.24) is 19.8 Å². The van der Waals surface area contributed by atoms with Gasteiger partial charge < -0.3 is 35.4 Å². The molecular formula is C32H41N11O3. The normalized spacial score (nSPS) is 18.0. The highest BCUT2D eigenvalue weighted by Crippen LogP contribution is 2.20. The number of pyridine rings is 2. The van der Waals surface area contributed by atoms with Gasteiger partial charge in [-0.15, -0.1) is 0 Å². The van der Waals surface area contributed by atoms with Crippen molar-refractivity contribution in [3.63, 3.8) is 0 Å². The zero-order valence-electron chi connectivity index (χ0n) is 26.4. The van der Waals surface area contributed by atoms with E-state index in [2.05, 4.69) is 41.9 Å². The number of hydrogen-bond donors (Lipinski definition) is 2. The molecule has 0 spiro atoms. The Balaban J connectivity index is 0.000000251. The fourth-order valence-corrected chi connectivity index (χ4v) is 5.42. The second-order valence-electron chi connectivity index (χ2n) is 11.2. The van der Waals surface area contributed by atoms with Gasteiger partial charge in [0.05, 0.1) is 11.1 Å². The quantitative estimate of drug-likeness (QED) is 0.105. The molecule has 2 aromatic rings. The van der Waals surface area contributed by atoms with E-state index in [9.17, 15) is 9.59 Å². The van der Waals surface area contributed by atoms with Gasteiger partial charge in [0, 0.05) is 89.4 Å². The molecule has 242 valence electrons. The van der Waals surface area contributed by atoms with Gasteiger partial charge in [-0.05, 0) is 44.5 Å². The fourth-order valence-electron chi connectivity index (χ4n) is 5.42. The lowest BCUT2D eigenvalue weighted by Crippen LogP contribution is -2.54. The van der Waals surface area contributed by atoms with Crippen molar-refractivity contribution >= 4 is 29.3 Å². The third kappa shape index (κ3) is 10.1. The van der Waals surface area contributed by atoms with Crippen LogP contribution in [0.5, 0.6) is 0 Å². The van der Waals surface area contributed by atoms with Crippen LogP contribution in [0.3, 0.4) is 0 Å². The number of oxime groups is 1. The number of piperazine rings is 2. The molecule has 2 aliphatic rings. The lowest BCUT2D eigenvalue weighted by atomic mass is 10.1. The lowest BCUT2D eigenvalue weighted by molar-refractivity contribution is -0.134. The summed E-state index contributed by atoms with van der Waals surface area (Å²) < 4.78 is 0. The monoisotopic (exact) mass is 627 g/mol. The fraction of sp³-hybridized carbons (Fsp3) is 0.500. The molecule has 2 aliphatic heterocycles. The number of amidine groups is 1. The highest BCUT2D eigenvalue weighted by molar-refractivity contribution is 5.81. The minimum absolute atomic E-state index is 0.0764. The van der Waals surface area contributed by atoms with Gasteiger partial charge in [0.1, 0.15) is 29.6 Å². The highest BCUT2D eigenvalue weighted by Gasteiger charge is 2.29. The van der Waals surface area contributed by atoms with Crippen molar-refractivity contribution in [2.75, 3.05) is 55.6 Å². The molecule has 14 nitrogen and oxygen atoms in total. The third-order valence-electron chi connectivity index (χ3n) is 7.91. The molecule has 2 amide bonds. The third-order valence-corrected chi connectivity index (χ3v) is 7.91. The molecule has 3 N–H and O–H groups in total. The van der Waals surface area contributed by atoms with Crippen LogP contribution < -0.4 is 15.5 Å². The first-order chi connectivity index (χ1) is 22.2. The van der Waals surface area contributed by atoms with Gasteiger partial charge in [-0.2, -0.15) is 10.5 Å². The second-order valence-corrected chi connectivity index (χ2v) is 11.2. The molecule has 46 heavy (non-hydrogen) atoms. The largest absolute Gasteiger partial charge is 0.409 e. The molecule has 4 heterocycles. The Labute approximate surface area is 270 Å². The van der Waals surface area contributed by atoms with Gasteiger partial charge in [0.25, 0.3) is 0 Å². The number of aromatic nitrogens is 2. The highest BCUT2D eigenvalue weighted by atomic mass is 16.4. The maximum absolute atomic E-state index is 12.3. The van der Waals surface area contributed by atoms with Crippen LogP contribution in [0.15, 0.2) is 41.8 Å². The Hall–Kier alpha value is -5.42. The van der Waals surface area contributed by atoms with E-state index in [1.165, 1.54) is 0 Å². The molecular weight excluding hydrogens is 586 g/mol. The average Bonchev–Trinajstić information content (AvgIpc) is 3.08. The Kier molecular flexibility index (Phi) is 13.5. The molecule has 2 aromatic heterocycles. The maximum Gasteiger partial charge on any atom is 0.223 e. The molecule has 2 saturated heterocycles. The van der Waals surface area contributed by atoms with Crippen LogP contribution >= 0.6 is 0 Å². The van der Waals surface area contributed by atoms with Crippen molar-refractivity contribution in [3.05, 3.63) is 59.2 Å². The minimum Gasteiger partial charge on any atom is -0.409 e. The lowest BCUT2D eigenvalue weighted by Gasteiger charge is -2.40. The number of hydrogen-bond acceptors (Lipinski definition) is 10. The second kappa shape index (κ2) is 17.8. The predicted octanol–water partition coefficient (Wildman–Crippen LogP) is 2.60. The van der Waals surface area contributed by atoms with Crippen molar-refractivity contribution in [3.8, 4) is 12.1 Å². The van der Waals surface area contributed by atoms with Crippen molar-refractivity contribution in [2.24, 2.45) is 10.9 Å². The van der Waals surface area contributed by atoms with Gasteiger partial charge in [0.15, 0.2) is 0 Å². The first-order valence-electron chi connectivity index (χ1n) is 15.3. The molecule has 0 radical (unpaired) electrons. The van der Waals surface area contributed by atoms with Gasteiger partial charge in [-0.25, -0.2) is 16.5 Å². The van der Waals surface area contributed by atoms with Crippen LogP contribution in [0.4, 0.5) is 11.6 Å². The Morgan fingerprint density at radius 3 is 1.74 bits per heavy atom. The molecule has 0 bridgehead atoms. The number of amides is 2. The van der Waals surface area contributed by atoms with Gasteiger partial charge in [-0.1, -0.05) is 5.16 Å². The summed E-state index contributed by atoms with van der Waals surface area (Å²) in [6.45, 7) is 15.4. The van der Waals surface area contributed by atoms with E-state index in [0.717, 1.165) is 24.7 Å². The zero-order valence-corrected chi connectivity index (χ0v) is 26.4. The summed E-state index contributed by atoms with van der Waals surface area (Å²) in [4.78, 5) is 44.4. The van der Waals surface area contributed by atoms with Crippen molar-refractivity contribution in [1.29, 1.82) is 10.5 Å². The summed E-state index contributed by atoms with van der Waals surface area (Å²) >= 11 is 0. The van der Waals surface area contributed by atoms with Crippen molar-refractivity contribution in [2.45, 2.75) is 58.0 Å². The van der Waals surface area contributed by atoms with E-state index in [1.807, 2.05) is 35.8 Å². The van der Waals surface area contributed by atoms with Crippen LogP contribution in [0.25, 0.3) is 4.85 Å². The summed E-state index contributed by atoms with van der Waals surface area (Å²) in [7, 11) is 0. The molecule has 2 fully saturated rings. The smallest absolute Gasteiger partial charge is 0.223 e. The molecule has 2 unspecified atom stereocenters. The standard InChI is InChI=1S/C16H22N6O2.C16H19N5O/c1-12-11-21(15-6-5-13(9-17)10-19-15)7-8-22(12)16(23)4-2-3-14(18)20-24;1-13-12-20(15-6-5-14(10-17)11-19-15)8-9-21(13)16(22)4-3-7-18-2/h5-6,10,12,24H,2-4,7-8,11H2,1H3,(H2,18,20);5-6,11,13H,3-4,7-9,12H2,1H3. The maximum atomic E-state index is 12.3. The molecule has 0 aliphatic carbocycles. The number of nitrogens with two attached hydrogens (primary N) is 1. The molecule has 14 heteroatoms. The Bertz CT molecular complexity index is 1460. The predicted molar refractivity (Wildman–Crippen MR) is 173 cm³/mol. The summed E-state index contributed by atoms with van der Waals surface area (Å²) in [5, 5.41) is 29.0. The van der Waals surface area contributed by atoms with E-state index < -0.39 is 0 Å². The SMILES string of the molecule is CC1CN(c2ccc(C#N)cn2)CCN1C(=O)CCC/C(N)=N/O.[C-]#[N+]CCCC(=O)N1CCN(c2ccc(C#N)cn2)CC1C. The Morgan fingerprint density at radius 1 is 0.891 bits per heavy atom. The van der Waals surface area contributed by atoms with E-state index in [0.29, 0.717) is 76.0 Å². The summed E-state index contributed by atoms with van der Waals surface area (Å²) in [6.07, 6.45) is 5.57. The molecule has 2 atom stereocenters. The van der Waals surface area contributed by atoms with Gasteiger partial charge in [-0.3, -0.25) is 9.59 Å². The van der Waals surface area contributed by atoms with Crippen LogP contribution in [0, 0.1) is 29.2 Å². The minimum atomic E-state index is 0.0764. The first-order valence-corrected chi connectivity index (χ1v) is 15.3. The van der Waals surface area contributed by atoms with Crippen LogP contribution in [0.2, 0.25) is 0 Å². The number of carbonyl (C=O) groups excluding carboxylic acids is 2. The zero-order chi connectivity index (χ0) is 33.5. The van der Waals surface area contributed by atoms with Gasteiger partial charge >= 0.3 is 0 Å². The number of nitrogens with zero attached hydrogens (tertiary/aromatic N) is 10. The van der Waals surface area contributed by atoms with E-state index in [1.54, 1.807) is 24.5 Å². The van der Waals surface area contributed by atoms with Crippen LogP contribution in [-0.4, -0.2) is 101 Å². The van der Waals surface area contributed by atoms with E-state index in [-0.39, 0.29) is 29.7 Å². The summed E-state index contributed by atoms with van der Waals surface area (Å²) in [6, 6.07) is 11.5. The molecule has 0 saturated carbocycles. The van der Waals surface area contributed by atoms with Crippen LogP contribution in [0.1, 0.15) is 57.1 Å². The Morgan fingerprint density at radius 2 is 1.37 bits per heavy atom. The van der Waals surface area contributed by atoms with Crippen LogP contribution in [-0.2, 0) is 9.59 Å². The number of nitriles is 2. The molecule has 4 rings (SSSR count). The first kappa shape index (κ1) is 35.1.